The van der Waals surface area contributed by atoms with Crippen LogP contribution in [0.5, 0.6) is 5.75 Å². The molecule has 0 saturated carbocycles. The molecule has 2 heteroatoms. The highest BCUT2D eigenvalue weighted by Crippen LogP contribution is 2.14. The van der Waals surface area contributed by atoms with E-state index in [0.717, 1.165) is 12.2 Å². The van der Waals surface area contributed by atoms with E-state index in [-0.39, 0.29) is 0 Å². The van der Waals surface area contributed by atoms with E-state index in [1.54, 1.807) is 7.11 Å². The minimum atomic E-state index is 0.533. The number of ether oxygens (including phenoxy) is 1. The molecule has 0 spiro atoms. The molecule has 1 aromatic carbocycles. The van der Waals surface area contributed by atoms with E-state index in [1.807, 2.05) is 12.1 Å². The van der Waals surface area contributed by atoms with Crippen LogP contribution in [0.3, 0.4) is 0 Å². The van der Waals surface area contributed by atoms with Crippen LogP contribution < -0.4 is 4.74 Å². The molecule has 1 rings (SSSR count). The Labute approximate surface area is 81.9 Å². The molecule has 0 fully saturated rings. The van der Waals surface area contributed by atoms with Gasteiger partial charge in [-0.2, -0.15) is 0 Å². The van der Waals surface area contributed by atoms with Gasteiger partial charge in [0.25, 0.3) is 0 Å². The maximum Gasteiger partial charge on any atom is 0.118 e. The van der Waals surface area contributed by atoms with Crippen LogP contribution >= 0.6 is 15.9 Å². The summed E-state index contributed by atoms with van der Waals surface area (Å²) in [6, 6.07) is 8.17. The Morgan fingerprint density at radius 3 is 2.33 bits per heavy atom. The highest BCUT2D eigenvalue weighted by atomic mass is 79.9. The van der Waals surface area contributed by atoms with Gasteiger partial charge < -0.3 is 4.74 Å². The van der Waals surface area contributed by atoms with Crippen molar-refractivity contribution in [1.82, 2.24) is 0 Å². The fourth-order valence-corrected chi connectivity index (χ4v) is 1.46. The lowest BCUT2D eigenvalue weighted by atomic mass is 10.1. The monoisotopic (exact) mass is 228 g/mol. The third kappa shape index (κ3) is 2.86. The number of alkyl halides is 1. The third-order valence-electron chi connectivity index (χ3n) is 1.68. The molecule has 1 unspecified atom stereocenters. The molecule has 66 valence electrons. The number of benzene rings is 1. The lowest BCUT2D eigenvalue weighted by Crippen LogP contribution is -1.95. The van der Waals surface area contributed by atoms with Crippen LogP contribution in [0, 0.1) is 0 Å². The fourth-order valence-electron chi connectivity index (χ4n) is 1.09. The average molecular weight is 229 g/mol. The van der Waals surface area contributed by atoms with Crippen LogP contribution in [-0.2, 0) is 6.42 Å². The normalized spacial score (nSPS) is 12.6. The standard InChI is InChI=1S/C10H13BrO/c1-8(11)7-9-3-5-10(12-2)6-4-9/h3-6,8H,7H2,1-2H3. The van der Waals surface area contributed by atoms with Crippen molar-refractivity contribution in [1.29, 1.82) is 0 Å². The molecular weight excluding hydrogens is 216 g/mol. The van der Waals surface area contributed by atoms with Crippen molar-refractivity contribution >= 4 is 15.9 Å². The van der Waals surface area contributed by atoms with E-state index in [9.17, 15) is 0 Å². The van der Waals surface area contributed by atoms with Crippen LogP contribution in [0.2, 0.25) is 0 Å². The summed E-state index contributed by atoms with van der Waals surface area (Å²) in [4.78, 5) is 0.533. The van der Waals surface area contributed by atoms with Crippen molar-refractivity contribution in [2.45, 2.75) is 18.2 Å². The number of methoxy groups -OCH3 is 1. The Bertz CT molecular complexity index is 228. The maximum atomic E-state index is 5.06. The van der Waals surface area contributed by atoms with E-state index >= 15 is 0 Å². The minimum absolute atomic E-state index is 0.533. The van der Waals surface area contributed by atoms with Crippen molar-refractivity contribution in [3.8, 4) is 5.75 Å². The first-order chi connectivity index (χ1) is 5.72. The van der Waals surface area contributed by atoms with Crippen molar-refractivity contribution in [2.24, 2.45) is 0 Å². The molecule has 1 atom stereocenters. The number of rotatable bonds is 3. The Balaban J connectivity index is 2.65. The molecule has 0 amide bonds. The van der Waals surface area contributed by atoms with Gasteiger partial charge in [-0.25, -0.2) is 0 Å². The van der Waals surface area contributed by atoms with Crippen molar-refractivity contribution in [2.75, 3.05) is 7.11 Å². The third-order valence-corrected chi connectivity index (χ3v) is 2.00. The number of halogens is 1. The van der Waals surface area contributed by atoms with Crippen LogP contribution in [0.4, 0.5) is 0 Å². The first-order valence-electron chi connectivity index (χ1n) is 3.99. The molecule has 0 aliphatic carbocycles. The van der Waals surface area contributed by atoms with Crippen LogP contribution in [-0.4, -0.2) is 11.9 Å². The summed E-state index contributed by atoms with van der Waals surface area (Å²) in [6.07, 6.45) is 1.06. The quantitative estimate of drug-likeness (QED) is 0.724. The van der Waals surface area contributed by atoms with Gasteiger partial charge in [0.15, 0.2) is 0 Å². The second-order valence-corrected chi connectivity index (χ2v) is 4.40. The zero-order valence-electron chi connectivity index (χ0n) is 7.38. The van der Waals surface area contributed by atoms with Gasteiger partial charge in [-0.1, -0.05) is 35.0 Å². The SMILES string of the molecule is COc1ccc(CC(C)Br)cc1. The van der Waals surface area contributed by atoms with Gasteiger partial charge >= 0.3 is 0 Å². The van der Waals surface area contributed by atoms with Gasteiger partial charge in [0.1, 0.15) is 5.75 Å². The van der Waals surface area contributed by atoms with Gasteiger partial charge in [0, 0.05) is 4.83 Å². The summed E-state index contributed by atoms with van der Waals surface area (Å²) >= 11 is 3.52. The van der Waals surface area contributed by atoms with Crippen molar-refractivity contribution in [3.63, 3.8) is 0 Å². The van der Waals surface area contributed by atoms with Gasteiger partial charge in [0.2, 0.25) is 0 Å². The zero-order valence-corrected chi connectivity index (χ0v) is 8.97. The summed E-state index contributed by atoms with van der Waals surface area (Å²) in [6.45, 7) is 2.14. The Hall–Kier alpha value is -0.500. The second-order valence-electron chi connectivity index (χ2n) is 2.83. The molecule has 12 heavy (non-hydrogen) atoms. The topological polar surface area (TPSA) is 9.23 Å². The van der Waals surface area contributed by atoms with Gasteiger partial charge in [-0.3, -0.25) is 0 Å². The maximum absolute atomic E-state index is 5.06. The van der Waals surface area contributed by atoms with E-state index in [0.29, 0.717) is 4.83 Å². The molecule has 0 aliphatic rings. The molecule has 1 nitrogen and oxygen atoms in total. The lowest BCUT2D eigenvalue weighted by Gasteiger charge is -2.04. The van der Waals surface area contributed by atoms with Gasteiger partial charge in [0.05, 0.1) is 7.11 Å². The lowest BCUT2D eigenvalue weighted by molar-refractivity contribution is 0.414. The van der Waals surface area contributed by atoms with Crippen molar-refractivity contribution < 1.29 is 4.74 Å². The molecule has 0 radical (unpaired) electrons. The van der Waals surface area contributed by atoms with E-state index in [2.05, 4.69) is 35.0 Å². The smallest absolute Gasteiger partial charge is 0.118 e. The summed E-state index contributed by atoms with van der Waals surface area (Å²) < 4.78 is 5.06. The van der Waals surface area contributed by atoms with Crippen LogP contribution in [0.1, 0.15) is 12.5 Å². The molecular formula is C10H13BrO. The molecule has 0 saturated heterocycles. The summed E-state index contributed by atoms with van der Waals surface area (Å²) in [5, 5.41) is 0. The van der Waals surface area contributed by atoms with E-state index in [1.165, 1.54) is 5.56 Å². The molecule has 0 bridgehead atoms. The molecule has 0 aliphatic heterocycles. The summed E-state index contributed by atoms with van der Waals surface area (Å²) in [7, 11) is 1.68. The first kappa shape index (κ1) is 9.59. The predicted octanol–water partition coefficient (Wildman–Crippen LogP) is 3.02. The largest absolute Gasteiger partial charge is 0.497 e. The molecule has 0 N–H and O–H groups in total. The van der Waals surface area contributed by atoms with E-state index < -0.39 is 0 Å². The summed E-state index contributed by atoms with van der Waals surface area (Å²) in [5.41, 5.74) is 1.33. The number of hydrogen-bond donors (Lipinski definition) is 0. The molecule has 0 aromatic heterocycles. The van der Waals surface area contributed by atoms with Gasteiger partial charge in [-0.15, -0.1) is 0 Å². The highest BCUT2D eigenvalue weighted by Gasteiger charge is 1.98. The predicted molar refractivity (Wildman–Crippen MR) is 55.1 cm³/mol. The van der Waals surface area contributed by atoms with Crippen LogP contribution in [0.25, 0.3) is 0 Å². The Morgan fingerprint density at radius 1 is 1.33 bits per heavy atom. The zero-order chi connectivity index (χ0) is 8.97. The van der Waals surface area contributed by atoms with Gasteiger partial charge in [-0.05, 0) is 24.1 Å². The Morgan fingerprint density at radius 2 is 1.92 bits per heavy atom. The first-order valence-corrected chi connectivity index (χ1v) is 4.91. The van der Waals surface area contributed by atoms with Crippen LogP contribution in [0.15, 0.2) is 24.3 Å². The molecule has 0 heterocycles. The molecule has 1 aromatic rings. The van der Waals surface area contributed by atoms with E-state index in [4.69, 9.17) is 4.74 Å². The number of hydrogen-bond acceptors (Lipinski definition) is 1. The average Bonchev–Trinajstić information content (AvgIpc) is 2.05. The fraction of sp³-hybridized carbons (Fsp3) is 0.400. The minimum Gasteiger partial charge on any atom is -0.497 e. The summed E-state index contributed by atoms with van der Waals surface area (Å²) in [5.74, 6) is 0.918. The highest BCUT2D eigenvalue weighted by molar-refractivity contribution is 9.09. The Kier molecular flexibility index (Phi) is 3.60. The second kappa shape index (κ2) is 4.51. The van der Waals surface area contributed by atoms with Crippen molar-refractivity contribution in [3.05, 3.63) is 29.8 Å².